The second-order valence-electron chi connectivity index (χ2n) is 4.26. The highest BCUT2D eigenvalue weighted by Crippen LogP contribution is 2.21. The van der Waals surface area contributed by atoms with Gasteiger partial charge in [0, 0.05) is 19.5 Å². The Morgan fingerprint density at radius 2 is 2.12 bits per heavy atom. The zero-order valence-corrected chi connectivity index (χ0v) is 9.31. The minimum Gasteiger partial charge on any atom is -0.345 e. The predicted octanol–water partition coefficient (Wildman–Crippen LogP) is 1.58. The van der Waals surface area contributed by atoms with Crippen LogP contribution < -0.4 is 0 Å². The Labute approximate surface area is 95.3 Å². The van der Waals surface area contributed by atoms with Crippen molar-refractivity contribution in [2.45, 2.75) is 12.8 Å². The number of rotatable bonds is 2. The van der Waals surface area contributed by atoms with Crippen molar-refractivity contribution in [3.8, 4) is 6.07 Å². The van der Waals surface area contributed by atoms with Gasteiger partial charge in [0.25, 0.3) is 0 Å². The van der Waals surface area contributed by atoms with Gasteiger partial charge in [0.05, 0.1) is 11.6 Å². The molecule has 82 valence electrons. The van der Waals surface area contributed by atoms with E-state index >= 15 is 0 Å². The van der Waals surface area contributed by atoms with E-state index < -0.39 is 0 Å². The Morgan fingerprint density at radius 3 is 2.62 bits per heavy atom. The lowest BCUT2D eigenvalue weighted by atomic mass is 9.97. The van der Waals surface area contributed by atoms with Crippen LogP contribution in [0.1, 0.15) is 17.5 Å². The smallest absolute Gasteiger partial charge is 0.225 e. The molecule has 1 atom stereocenters. The third-order valence-electron chi connectivity index (χ3n) is 3.10. The van der Waals surface area contributed by atoms with Crippen molar-refractivity contribution >= 4 is 5.91 Å². The highest BCUT2D eigenvalue weighted by Gasteiger charge is 2.28. The summed E-state index contributed by atoms with van der Waals surface area (Å²) < 4.78 is 0. The van der Waals surface area contributed by atoms with Crippen LogP contribution in [0.4, 0.5) is 0 Å². The number of nitriles is 1. The molecular weight excluding hydrogens is 200 g/mol. The quantitative estimate of drug-likeness (QED) is 0.750. The first-order valence-corrected chi connectivity index (χ1v) is 5.44. The van der Waals surface area contributed by atoms with Gasteiger partial charge in [-0.25, -0.2) is 0 Å². The molecule has 0 N–H and O–H groups in total. The number of hydrogen-bond acceptors (Lipinski definition) is 2. The second-order valence-corrected chi connectivity index (χ2v) is 4.26. The Balaban J connectivity index is 2.05. The van der Waals surface area contributed by atoms with Crippen molar-refractivity contribution in [2.24, 2.45) is 5.92 Å². The standard InChI is InChI=1S/C13H14N2O/c1-15-7-6-12(13(15)16)8-10-2-4-11(9-14)5-3-10/h2-5,12H,6-8H2,1H3. The average Bonchev–Trinajstić information content (AvgIpc) is 2.62. The molecule has 0 bridgehead atoms. The van der Waals surface area contributed by atoms with E-state index in [2.05, 4.69) is 6.07 Å². The summed E-state index contributed by atoms with van der Waals surface area (Å²) in [7, 11) is 1.85. The maximum Gasteiger partial charge on any atom is 0.225 e. The topological polar surface area (TPSA) is 44.1 Å². The van der Waals surface area contributed by atoms with Crippen LogP contribution in [-0.2, 0) is 11.2 Å². The average molecular weight is 214 g/mol. The van der Waals surface area contributed by atoms with Crippen molar-refractivity contribution < 1.29 is 4.79 Å². The van der Waals surface area contributed by atoms with Gasteiger partial charge in [-0.1, -0.05) is 12.1 Å². The van der Waals surface area contributed by atoms with Gasteiger partial charge in [-0.2, -0.15) is 5.26 Å². The third-order valence-corrected chi connectivity index (χ3v) is 3.10. The number of likely N-dealkylation sites (tertiary alicyclic amines) is 1. The summed E-state index contributed by atoms with van der Waals surface area (Å²) in [5.41, 5.74) is 1.80. The molecule has 3 heteroatoms. The lowest BCUT2D eigenvalue weighted by Crippen LogP contribution is -2.23. The highest BCUT2D eigenvalue weighted by molar-refractivity contribution is 5.80. The Kier molecular flexibility index (Phi) is 2.91. The van der Waals surface area contributed by atoms with Gasteiger partial charge >= 0.3 is 0 Å². The minimum absolute atomic E-state index is 0.123. The van der Waals surface area contributed by atoms with E-state index in [9.17, 15) is 4.79 Å². The Bertz CT molecular complexity index is 430. The molecular formula is C13H14N2O. The lowest BCUT2D eigenvalue weighted by molar-refractivity contribution is -0.129. The number of carbonyl (C=O) groups excluding carboxylic acids is 1. The van der Waals surface area contributed by atoms with Crippen LogP contribution in [0, 0.1) is 17.2 Å². The first-order chi connectivity index (χ1) is 7.70. The molecule has 1 saturated heterocycles. The van der Waals surface area contributed by atoms with Crippen LogP contribution in [0.25, 0.3) is 0 Å². The van der Waals surface area contributed by atoms with E-state index in [0.29, 0.717) is 5.56 Å². The zero-order valence-electron chi connectivity index (χ0n) is 9.31. The number of benzene rings is 1. The monoisotopic (exact) mass is 214 g/mol. The fraction of sp³-hybridized carbons (Fsp3) is 0.385. The minimum atomic E-state index is 0.123. The molecule has 0 aromatic heterocycles. The third kappa shape index (κ3) is 2.06. The Morgan fingerprint density at radius 1 is 1.44 bits per heavy atom. The maximum atomic E-state index is 11.7. The van der Waals surface area contributed by atoms with E-state index in [1.807, 2.05) is 19.2 Å². The van der Waals surface area contributed by atoms with Crippen molar-refractivity contribution in [3.05, 3.63) is 35.4 Å². The lowest BCUT2D eigenvalue weighted by Gasteiger charge is -2.10. The molecule has 0 spiro atoms. The zero-order chi connectivity index (χ0) is 11.5. The Hall–Kier alpha value is -1.82. The highest BCUT2D eigenvalue weighted by atomic mass is 16.2. The number of hydrogen-bond donors (Lipinski definition) is 0. The molecule has 1 unspecified atom stereocenters. The summed E-state index contributed by atoms with van der Waals surface area (Å²) in [5, 5.41) is 8.68. The first-order valence-electron chi connectivity index (χ1n) is 5.44. The number of amides is 1. The second kappa shape index (κ2) is 4.36. The summed E-state index contributed by atoms with van der Waals surface area (Å²) in [5.74, 6) is 0.363. The molecule has 16 heavy (non-hydrogen) atoms. The molecule has 1 aromatic rings. The molecule has 3 nitrogen and oxygen atoms in total. The summed E-state index contributed by atoms with van der Waals surface area (Å²) in [6, 6.07) is 9.57. The molecule has 1 aliphatic heterocycles. The number of carbonyl (C=O) groups is 1. The van der Waals surface area contributed by atoms with Gasteiger partial charge < -0.3 is 4.90 Å². The van der Waals surface area contributed by atoms with E-state index in [0.717, 1.165) is 24.9 Å². The van der Waals surface area contributed by atoms with Gasteiger partial charge in [-0.05, 0) is 30.5 Å². The van der Waals surface area contributed by atoms with Crippen LogP contribution in [0.3, 0.4) is 0 Å². The van der Waals surface area contributed by atoms with Gasteiger partial charge in [-0.15, -0.1) is 0 Å². The van der Waals surface area contributed by atoms with Crippen molar-refractivity contribution in [3.63, 3.8) is 0 Å². The van der Waals surface area contributed by atoms with Gasteiger partial charge in [0.2, 0.25) is 5.91 Å². The largest absolute Gasteiger partial charge is 0.345 e. The summed E-state index contributed by atoms with van der Waals surface area (Å²) in [6.07, 6.45) is 1.73. The molecule has 1 heterocycles. The van der Waals surface area contributed by atoms with Crippen LogP contribution in [0.5, 0.6) is 0 Å². The van der Waals surface area contributed by atoms with E-state index in [-0.39, 0.29) is 11.8 Å². The molecule has 1 aliphatic rings. The van der Waals surface area contributed by atoms with Crippen LogP contribution in [0.2, 0.25) is 0 Å². The molecule has 2 rings (SSSR count). The normalized spacial score (nSPS) is 19.9. The summed E-state index contributed by atoms with van der Waals surface area (Å²) in [4.78, 5) is 13.5. The van der Waals surface area contributed by atoms with Gasteiger partial charge in [0.15, 0.2) is 0 Å². The fourth-order valence-corrected chi connectivity index (χ4v) is 2.08. The van der Waals surface area contributed by atoms with Crippen LogP contribution >= 0.6 is 0 Å². The van der Waals surface area contributed by atoms with Crippen molar-refractivity contribution in [1.82, 2.24) is 4.90 Å². The maximum absolute atomic E-state index is 11.7. The predicted molar refractivity (Wildman–Crippen MR) is 60.6 cm³/mol. The molecule has 0 saturated carbocycles. The van der Waals surface area contributed by atoms with Gasteiger partial charge in [-0.3, -0.25) is 4.79 Å². The van der Waals surface area contributed by atoms with E-state index in [1.165, 1.54) is 0 Å². The SMILES string of the molecule is CN1CCC(Cc2ccc(C#N)cc2)C1=O. The molecule has 1 fully saturated rings. The van der Waals surface area contributed by atoms with E-state index in [4.69, 9.17) is 5.26 Å². The molecule has 0 radical (unpaired) electrons. The molecule has 0 aliphatic carbocycles. The molecule has 1 amide bonds. The summed E-state index contributed by atoms with van der Waals surface area (Å²) in [6.45, 7) is 0.861. The first kappa shape index (κ1) is 10.7. The van der Waals surface area contributed by atoms with E-state index in [1.54, 1.807) is 17.0 Å². The number of nitrogens with zero attached hydrogens (tertiary/aromatic N) is 2. The summed E-state index contributed by atoms with van der Waals surface area (Å²) >= 11 is 0. The van der Waals surface area contributed by atoms with Gasteiger partial charge in [0.1, 0.15) is 0 Å². The van der Waals surface area contributed by atoms with Crippen LogP contribution in [0.15, 0.2) is 24.3 Å². The fourth-order valence-electron chi connectivity index (χ4n) is 2.08. The van der Waals surface area contributed by atoms with Crippen molar-refractivity contribution in [2.75, 3.05) is 13.6 Å². The van der Waals surface area contributed by atoms with Crippen LogP contribution in [-0.4, -0.2) is 24.4 Å². The molecule has 1 aromatic carbocycles. The van der Waals surface area contributed by atoms with Crippen molar-refractivity contribution in [1.29, 1.82) is 5.26 Å².